The number of ketones is 5. The molecular formula is C45H73N3O13. The van der Waals surface area contributed by atoms with Crippen LogP contribution in [0, 0.1) is 29.6 Å². The fourth-order valence-electron chi connectivity index (χ4n) is 8.07. The lowest BCUT2D eigenvalue weighted by Gasteiger charge is -2.28. The van der Waals surface area contributed by atoms with Crippen LogP contribution < -0.4 is 0 Å². The maximum Gasteiger partial charge on any atom is 0.410 e. The summed E-state index contributed by atoms with van der Waals surface area (Å²) in [6.07, 6.45) is 10.2. The first-order valence-electron chi connectivity index (χ1n) is 21.6. The van der Waals surface area contributed by atoms with Gasteiger partial charge in [0.15, 0.2) is 0 Å². The van der Waals surface area contributed by atoms with Crippen LogP contribution in [-0.2, 0) is 47.9 Å². The predicted octanol–water partition coefficient (Wildman–Crippen LogP) is 5.94. The van der Waals surface area contributed by atoms with Gasteiger partial charge in [0.2, 0.25) is 11.8 Å². The maximum absolute atomic E-state index is 11.8. The molecule has 0 radical (unpaired) electrons. The molecule has 8 atom stereocenters. The van der Waals surface area contributed by atoms with Crippen molar-refractivity contribution in [2.45, 2.75) is 175 Å². The summed E-state index contributed by atoms with van der Waals surface area (Å²) in [4.78, 5) is 114. The lowest BCUT2D eigenvalue weighted by Crippen LogP contribution is -2.39. The van der Waals surface area contributed by atoms with E-state index in [2.05, 4.69) is 0 Å². The van der Waals surface area contributed by atoms with Crippen LogP contribution in [0.1, 0.15) is 152 Å². The van der Waals surface area contributed by atoms with Crippen LogP contribution in [0.4, 0.5) is 4.79 Å². The fourth-order valence-corrected chi connectivity index (χ4v) is 8.07. The Hall–Kier alpha value is -4.50. The van der Waals surface area contributed by atoms with Crippen LogP contribution in [0.2, 0.25) is 0 Å². The van der Waals surface area contributed by atoms with E-state index in [-0.39, 0.29) is 95.0 Å². The Morgan fingerprint density at radius 1 is 0.492 bits per heavy atom. The van der Waals surface area contributed by atoms with Crippen molar-refractivity contribution in [3.63, 3.8) is 0 Å². The number of carbonyl (C=O) groups excluding carboxylic acids is 8. The third kappa shape index (κ3) is 19.8. The minimum absolute atomic E-state index is 0.0102. The van der Waals surface area contributed by atoms with Gasteiger partial charge in [-0.05, 0) is 112 Å². The number of nitrogens with zero attached hydrogens (tertiary/aromatic N) is 3. The topological polar surface area (TPSA) is 230 Å². The predicted molar refractivity (Wildman–Crippen MR) is 226 cm³/mol. The summed E-state index contributed by atoms with van der Waals surface area (Å²) >= 11 is 0. The van der Waals surface area contributed by atoms with Crippen molar-refractivity contribution in [2.75, 3.05) is 21.1 Å². The van der Waals surface area contributed by atoms with Crippen molar-refractivity contribution in [3.8, 4) is 0 Å². The average Bonchev–Trinajstić information content (AvgIpc) is 4.01. The number of aliphatic carboxylic acids is 2. The lowest BCUT2D eigenvalue weighted by molar-refractivity contribution is -0.142. The van der Waals surface area contributed by atoms with Gasteiger partial charge in [-0.1, -0.05) is 0 Å². The molecule has 2 N–H and O–H groups in total. The highest BCUT2D eigenvalue weighted by Gasteiger charge is 2.35. The Bertz CT molecular complexity index is 1500. The molecule has 8 unspecified atom stereocenters. The zero-order valence-corrected chi connectivity index (χ0v) is 38.5. The zero-order valence-electron chi connectivity index (χ0n) is 38.5. The van der Waals surface area contributed by atoms with Gasteiger partial charge in [-0.15, -0.1) is 0 Å². The number of Topliss-reactive ketones (excluding diaryl/α,β-unsaturated/α-hetero) is 5. The molecule has 5 aliphatic carbocycles. The van der Waals surface area contributed by atoms with E-state index in [1.54, 1.807) is 56.5 Å². The highest BCUT2D eigenvalue weighted by molar-refractivity contribution is 5.90. The molecule has 61 heavy (non-hydrogen) atoms. The molecule has 0 spiro atoms. The summed E-state index contributed by atoms with van der Waals surface area (Å²) in [5, 5.41) is 17.1. The summed E-state index contributed by atoms with van der Waals surface area (Å²) in [5.41, 5.74) is -0.468. The van der Waals surface area contributed by atoms with Gasteiger partial charge in [-0.2, -0.15) is 0 Å². The van der Waals surface area contributed by atoms with Crippen molar-refractivity contribution in [1.29, 1.82) is 0 Å². The quantitative estimate of drug-likeness (QED) is 0.288. The second-order valence-corrected chi connectivity index (χ2v) is 18.3. The van der Waals surface area contributed by atoms with E-state index in [1.807, 2.05) is 27.8 Å². The van der Waals surface area contributed by atoms with Gasteiger partial charge in [0, 0.05) is 96.6 Å². The van der Waals surface area contributed by atoms with E-state index in [4.69, 9.17) is 14.9 Å². The highest BCUT2D eigenvalue weighted by atomic mass is 16.6. The Balaban J connectivity index is 0.000000389. The normalized spacial score (nSPS) is 26.3. The molecule has 3 amide bonds. The van der Waals surface area contributed by atoms with Gasteiger partial charge in [0.25, 0.3) is 0 Å². The van der Waals surface area contributed by atoms with Crippen molar-refractivity contribution in [3.05, 3.63) is 0 Å². The van der Waals surface area contributed by atoms with Crippen LogP contribution in [0.15, 0.2) is 0 Å². The van der Waals surface area contributed by atoms with Crippen LogP contribution in [0.25, 0.3) is 0 Å². The Kier molecular flexibility index (Phi) is 22.7. The Morgan fingerprint density at radius 3 is 1.05 bits per heavy atom. The summed E-state index contributed by atoms with van der Waals surface area (Å²) in [5.74, 6) is -0.771. The zero-order chi connectivity index (χ0) is 46.9. The summed E-state index contributed by atoms with van der Waals surface area (Å²) in [7, 11) is 5.30. The number of carbonyl (C=O) groups is 10. The van der Waals surface area contributed by atoms with E-state index in [0.717, 1.165) is 51.4 Å². The smallest absolute Gasteiger partial charge is 0.410 e. The van der Waals surface area contributed by atoms with Gasteiger partial charge >= 0.3 is 18.0 Å². The molecule has 5 fully saturated rings. The standard InChI is InChI=1S/C13H23NO3.C10H17NO2.C9H15NO3.C7H10O2.C6H8O3/c1-9(15)10-6-7-11(8-10)14(5)12(16)17-13(2,3)4;1-7(12)9-4-5-10(6-9)11(3)8(2)13;1-6(11)10(2)8-4-3-7(5-8)9(12)13;1-5(8)6-2-3-7(9)4-6;7-5-2-1-4(3-5)6(8)9/h10-11H,6-8H2,1-5H3;9-10H,4-6H2,1-3H3;7-8H,3-5H2,1-2H3,(H,12,13);6H,2-4H2,1H3;4H,1-3H2,(H,8,9). The first-order chi connectivity index (χ1) is 28.1. The minimum atomic E-state index is -0.833. The van der Waals surface area contributed by atoms with E-state index in [0.29, 0.717) is 38.5 Å². The van der Waals surface area contributed by atoms with Gasteiger partial charge < -0.3 is 29.6 Å². The minimum Gasteiger partial charge on any atom is -0.481 e. The molecule has 5 rings (SSSR count). The molecule has 0 heterocycles. The van der Waals surface area contributed by atoms with Crippen molar-refractivity contribution >= 4 is 58.8 Å². The van der Waals surface area contributed by atoms with Crippen molar-refractivity contribution in [2.24, 2.45) is 29.6 Å². The van der Waals surface area contributed by atoms with E-state index in [1.165, 1.54) is 6.92 Å². The molecule has 5 saturated carbocycles. The second-order valence-electron chi connectivity index (χ2n) is 18.3. The second kappa shape index (κ2) is 25.4. The van der Waals surface area contributed by atoms with Crippen LogP contribution in [0.5, 0.6) is 0 Å². The molecule has 0 aliphatic heterocycles. The molecule has 0 saturated heterocycles. The number of amides is 3. The van der Waals surface area contributed by atoms with Crippen molar-refractivity contribution < 1.29 is 62.9 Å². The van der Waals surface area contributed by atoms with Gasteiger partial charge in [-0.3, -0.25) is 43.2 Å². The first-order valence-corrected chi connectivity index (χ1v) is 21.6. The van der Waals surface area contributed by atoms with Gasteiger partial charge in [0.1, 0.15) is 34.5 Å². The third-order valence-corrected chi connectivity index (χ3v) is 12.4. The highest BCUT2D eigenvalue weighted by Crippen LogP contribution is 2.31. The number of carboxylic acid groups (broad SMARTS) is 2. The molecule has 16 nitrogen and oxygen atoms in total. The van der Waals surface area contributed by atoms with Crippen LogP contribution in [-0.4, -0.2) is 129 Å². The average molecular weight is 864 g/mol. The van der Waals surface area contributed by atoms with E-state index < -0.39 is 23.5 Å². The number of hydrogen-bond acceptors (Lipinski definition) is 11. The molecule has 0 bridgehead atoms. The van der Waals surface area contributed by atoms with Gasteiger partial charge in [0.05, 0.1) is 11.8 Å². The number of rotatable bonds is 8. The number of carboxylic acids is 2. The first kappa shape index (κ1) is 54.5. The number of ether oxygens (including phenoxy) is 1. The monoisotopic (exact) mass is 864 g/mol. The van der Waals surface area contributed by atoms with Crippen molar-refractivity contribution in [1.82, 2.24) is 14.7 Å². The molecule has 5 aliphatic rings. The summed E-state index contributed by atoms with van der Waals surface area (Å²) < 4.78 is 5.31. The van der Waals surface area contributed by atoms with Crippen LogP contribution >= 0.6 is 0 Å². The number of hydrogen-bond donors (Lipinski definition) is 2. The molecule has 346 valence electrons. The Morgan fingerprint density at radius 2 is 0.820 bits per heavy atom. The Labute approximate surface area is 361 Å². The molecule has 0 aromatic carbocycles. The fraction of sp³-hybridized carbons (Fsp3) is 0.778. The van der Waals surface area contributed by atoms with E-state index in [9.17, 15) is 47.9 Å². The molecule has 0 aromatic heterocycles. The molecule has 16 heteroatoms. The maximum atomic E-state index is 11.8. The van der Waals surface area contributed by atoms with Crippen LogP contribution in [0.3, 0.4) is 0 Å². The van der Waals surface area contributed by atoms with Gasteiger partial charge in [-0.25, -0.2) is 4.79 Å². The molecular weight excluding hydrogens is 791 g/mol. The SMILES string of the molecule is CC(=O)C1CCC(=O)C1.CC(=O)C1CCC(N(C)C(=O)OC(C)(C)C)C1.CC(=O)C1CCC(N(C)C(C)=O)C1.CC(=O)N(C)C1CCC(C(=O)O)C1.O=C1CCC(C(=O)O)C1. The third-order valence-electron chi connectivity index (χ3n) is 12.4. The van der Waals surface area contributed by atoms with E-state index >= 15 is 0 Å². The summed E-state index contributed by atoms with van der Waals surface area (Å²) in [6.45, 7) is 13.5. The molecule has 0 aromatic rings. The largest absolute Gasteiger partial charge is 0.481 e. The lowest BCUT2D eigenvalue weighted by atomic mass is 10.0. The summed E-state index contributed by atoms with van der Waals surface area (Å²) in [6, 6.07) is 0.545.